The van der Waals surface area contributed by atoms with Crippen LogP contribution in [0.5, 0.6) is 0 Å². The molecule has 1 atom stereocenters. The van der Waals surface area contributed by atoms with Gasteiger partial charge in [-0.15, -0.1) is 11.3 Å². The molecule has 4 rings (SSSR count). The van der Waals surface area contributed by atoms with Gasteiger partial charge in [0.15, 0.2) is 0 Å². The van der Waals surface area contributed by atoms with Crippen LogP contribution in [0.15, 0.2) is 22.2 Å². The Morgan fingerprint density at radius 2 is 2.26 bits per heavy atom. The quantitative estimate of drug-likeness (QED) is 0.845. The van der Waals surface area contributed by atoms with Gasteiger partial charge < -0.3 is 5.32 Å². The molecule has 7 heteroatoms. The first kappa shape index (κ1) is 15.7. The lowest BCUT2D eigenvalue weighted by atomic mass is 9.93. The number of nitrogens with zero attached hydrogens (tertiary/aromatic N) is 4. The Kier molecular flexibility index (Phi) is 4.30. The van der Waals surface area contributed by atoms with E-state index in [2.05, 4.69) is 41.6 Å². The van der Waals surface area contributed by atoms with E-state index in [1.165, 1.54) is 30.0 Å². The number of aryl methyl sites for hydroxylation is 1. The molecule has 23 heavy (non-hydrogen) atoms. The summed E-state index contributed by atoms with van der Waals surface area (Å²) in [6.45, 7) is 4.19. The highest BCUT2D eigenvalue weighted by atomic mass is 79.9. The Balaban J connectivity index is 1.55. The fraction of sp³-hybridized carbons (Fsp3) is 0.625. The zero-order valence-electron chi connectivity index (χ0n) is 13.3. The van der Waals surface area contributed by atoms with Gasteiger partial charge in [0.1, 0.15) is 5.01 Å². The molecule has 1 unspecified atom stereocenters. The van der Waals surface area contributed by atoms with E-state index in [-0.39, 0.29) is 0 Å². The molecule has 5 nitrogen and oxygen atoms in total. The van der Waals surface area contributed by atoms with Gasteiger partial charge >= 0.3 is 0 Å². The number of rotatable bonds is 5. The molecule has 124 valence electrons. The van der Waals surface area contributed by atoms with Crippen molar-refractivity contribution in [2.75, 3.05) is 13.1 Å². The average molecular weight is 396 g/mol. The van der Waals surface area contributed by atoms with Crippen LogP contribution in [0.2, 0.25) is 0 Å². The number of aromatic nitrogens is 3. The number of piperidine rings is 1. The molecule has 2 aromatic heterocycles. The maximum absolute atomic E-state index is 4.50. The molecule has 2 aromatic rings. The standard InChI is InChI=1S/C16H22BrN5S/c1-21-13(12(17)9-20-21)10-22(11-15-19-6-7-23-15)14-8-16(14)2-4-18-5-3-16/h6-7,9,14,18H,2-5,8,10-11H2,1H3. The smallest absolute Gasteiger partial charge is 0.107 e. The van der Waals surface area contributed by atoms with Crippen molar-refractivity contribution < 1.29 is 0 Å². The summed E-state index contributed by atoms with van der Waals surface area (Å²) >= 11 is 5.40. The van der Waals surface area contributed by atoms with Crippen LogP contribution in [-0.2, 0) is 20.1 Å². The molecule has 0 radical (unpaired) electrons. The maximum Gasteiger partial charge on any atom is 0.107 e. The SMILES string of the molecule is Cn1ncc(Br)c1CN(Cc1nccs1)C1CC12CCNCC2. The topological polar surface area (TPSA) is 46.0 Å². The molecule has 2 fully saturated rings. The van der Waals surface area contributed by atoms with Gasteiger partial charge in [0.25, 0.3) is 0 Å². The second-order valence-corrected chi connectivity index (χ2v) is 8.56. The second kappa shape index (κ2) is 6.27. The summed E-state index contributed by atoms with van der Waals surface area (Å²) in [5, 5.41) is 11.1. The van der Waals surface area contributed by atoms with E-state index in [1.54, 1.807) is 11.3 Å². The summed E-state index contributed by atoms with van der Waals surface area (Å²) in [4.78, 5) is 7.12. The Labute approximate surface area is 149 Å². The van der Waals surface area contributed by atoms with Crippen molar-refractivity contribution in [2.45, 2.75) is 38.4 Å². The van der Waals surface area contributed by atoms with E-state index in [4.69, 9.17) is 0 Å². The lowest BCUT2D eigenvalue weighted by Gasteiger charge is -2.29. The van der Waals surface area contributed by atoms with Gasteiger partial charge in [-0.2, -0.15) is 5.10 Å². The van der Waals surface area contributed by atoms with Crippen molar-refractivity contribution in [2.24, 2.45) is 12.5 Å². The van der Waals surface area contributed by atoms with Crippen LogP contribution in [0.25, 0.3) is 0 Å². The van der Waals surface area contributed by atoms with Gasteiger partial charge in [0.2, 0.25) is 0 Å². The molecule has 0 bridgehead atoms. The summed E-state index contributed by atoms with van der Waals surface area (Å²) < 4.78 is 3.08. The van der Waals surface area contributed by atoms with E-state index in [9.17, 15) is 0 Å². The summed E-state index contributed by atoms with van der Waals surface area (Å²) in [6.07, 6.45) is 7.74. The van der Waals surface area contributed by atoms with Crippen LogP contribution in [0, 0.1) is 5.41 Å². The molecule has 3 heterocycles. The van der Waals surface area contributed by atoms with E-state index in [0.29, 0.717) is 11.5 Å². The van der Waals surface area contributed by atoms with Gasteiger partial charge in [-0.3, -0.25) is 9.58 Å². The summed E-state index contributed by atoms with van der Waals surface area (Å²) in [7, 11) is 2.02. The van der Waals surface area contributed by atoms with E-state index in [0.717, 1.165) is 30.7 Å². The first-order valence-electron chi connectivity index (χ1n) is 8.17. The average Bonchev–Trinajstić information content (AvgIpc) is 2.88. The number of nitrogens with one attached hydrogen (secondary N) is 1. The van der Waals surface area contributed by atoms with Crippen molar-refractivity contribution in [3.8, 4) is 0 Å². The predicted octanol–water partition coefficient (Wildman–Crippen LogP) is 2.78. The highest BCUT2D eigenvalue weighted by Crippen LogP contribution is 2.56. The number of hydrogen-bond acceptors (Lipinski definition) is 5. The molecule has 1 aliphatic carbocycles. The molecule has 0 amide bonds. The van der Waals surface area contributed by atoms with Crippen LogP contribution in [-0.4, -0.2) is 38.8 Å². The highest BCUT2D eigenvalue weighted by molar-refractivity contribution is 9.10. The van der Waals surface area contributed by atoms with Crippen LogP contribution >= 0.6 is 27.3 Å². The molecule has 0 aromatic carbocycles. The summed E-state index contributed by atoms with van der Waals surface area (Å²) in [6, 6.07) is 0.676. The predicted molar refractivity (Wildman–Crippen MR) is 95.2 cm³/mol. The van der Waals surface area contributed by atoms with Crippen LogP contribution < -0.4 is 5.32 Å². The zero-order chi connectivity index (χ0) is 15.9. The van der Waals surface area contributed by atoms with Crippen LogP contribution in [0.3, 0.4) is 0 Å². The Morgan fingerprint density at radius 1 is 1.43 bits per heavy atom. The van der Waals surface area contributed by atoms with Crippen molar-refractivity contribution >= 4 is 27.3 Å². The van der Waals surface area contributed by atoms with Crippen LogP contribution in [0.4, 0.5) is 0 Å². The Bertz CT molecular complexity index is 643. The molecular formula is C16H22BrN5S. The van der Waals surface area contributed by atoms with Gasteiger partial charge in [0, 0.05) is 31.2 Å². The van der Waals surface area contributed by atoms with E-state index >= 15 is 0 Å². The van der Waals surface area contributed by atoms with E-state index in [1.807, 2.05) is 24.1 Å². The number of halogens is 1. The monoisotopic (exact) mass is 395 g/mol. The molecule has 1 saturated heterocycles. The second-order valence-electron chi connectivity index (χ2n) is 6.73. The van der Waals surface area contributed by atoms with Crippen LogP contribution in [0.1, 0.15) is 30.0 Å². The molecule has 2 aliphatic rings. The first-order valence-corrected chi connectivity index (χ1v) is 9.85. The molecule has 1 spiro atoms. The van der Waals surface area contributed by atoms with E-state index < -0.39 is 0 Å². The Hall–Kier alpha value is -0.760. The third-order valence-corrected chi connectivity index (χ3v) is 6.80. The third-order valence-electron chi connectivity index (χ3n) is 5.37. The lowest BCUT2D eigenvalue weighted by molar-refractivity contribution is 0.183. The van der Waals surface area contributed by atoms with Crippen molar-refractivity contribution in [1.29, 1.82) is 0 Å². The third kappa shape index (κ3) is 3.12. The Morgan fingerprint density at radius 3 is 2.91 bits per heavy atom. The van der Waals surface area contributed by atoms with Gasteiger partial charge in [0.05, 0.1) is 22.9 Å². The maximum atomic E-state index is 4.50. The molecular weight excluding hydrogens is 374 g/mol. The highest BCUT2D eigenvalue weighted by Gasteiger charge is 2.56. The summed E-state index contributed by atoms with van der Waals surface area (Å²) in [5.74, 6) is 0. The fourth-order valence-corrected chi connectivity index (χ4v) is 5.01. The fourth-order valence-electron chi connectivity index (χ4n) is 3.89. The van der Waals surface area contributed by atoms with Crippen molar-refractivity contribution in [3.63, 3.8) is 0 Å². The number of hydrogen-bond donors (Lipinski definition) is 1. The zero-order valence-corrected chi connectivity index (χ0v) is 15.7. The molecule has 1 aliphatic heterocycles. The largest absolute Gasteiger partial charge is 0.317 e. The minimum Gasteiger partial charge on any atom is -0.317 e. The van der Waals surface area contributed by atoms with Crippen molar-refractivity contribution in [1.82, 2.24) is 25.0 Å². The number of thiazole rings is 1. The minimum atomic E-state index is 0.535. The molecule has 1 saturated carbocycles. The lowest BCUT2D eigenvalue weighted by Crippen LogP contribution is -2.36. The van der Waals surface area contributed by atoms with Gasteiger partial charge in [-0.05, 0) is 53.7 Å². The van der Waals surface area contributed by atoms with Crippen molar-refractivity contribution in [3.05, 3.63) is 32.9 Å². The van der Waals surface area contributed by atoms with Gasteiger partial charge in [-0.1, -0.05) is 0 Å². The molecule has 1 N–H and O–H groups in total. The summed E-state index contributed by atoms with van der Waals surface area (Å²) in [5.41, 5.74) is 1.78. The van der Waals surface area contributed by atoms with Gasteiger partial charge in [-0.25, -0.2) is 4.98 Å². The first-order chi connectivity index (χ1) is 11.2. The normalized spacial score (nSPS) is 22.8. The minimum absolute atomic E-state index is 0.535.